The highest BCUT2D eigenvalue weighted by atomic mass is 35.5. The fraction of sp³-hybridized carbons (Fsp3) is 0.0714. The molecule has 0 heterocycles. The van der Waals surface area contributed by atoms with Crippen LogP contribution >= 0.6 is 11.6 Å². The number of hydrogen-bond donors (Lipinski definition) is 2. The highest BCUT2D eigenvalue weighted by Crippen LogP contribution is 2.17. The van der Waals surface area contributed by atoms with Gasteiger partial charge in [0.25, 0.3) is 0 Å². The summed E-state index contributed by atoms with van der Waals surface area (Å²) in [5.41, 5.74) is 1.05. The number of anilines is 1. The summed E-state index contributed by atoms with van der Waals surface area (Å²) >= 11 is 5.98. The lowest BCUT2D eigenvalue weighted by Crippen LogP contribution is -2.16. The average molecular weight is 325 g/mol. The largest absolute Gasteiger partial charge is 0.326 e. The number of sulfonamides is 1. The van der Waals surface area contributed by atoms with Crippen molar-refractivity contribution in [2.24, 2.45) is 5.14 Å². The molecule has 0 aliphatic carbocycles. The van der Waals surface area contributed by atoms with Crippen LogP contribution in [0.3, 0.4) is 0 Å². The number of halogens is 1. The lowest BCUT2D eigenvalue weighted by molar-refractivity contribution is -0.115. The van der Waals surface area contributed by atoms with Crippen molar-refractivity contribution in [3.63, 3.8) is 0 Å². The number of rotatable bonds is 4. The molecule has 110 valence electrons. The Morgan fingerprint density at radius 3 is 2.52 bits per heavy atom. The van der Waals surface area contributed by atoms with E-state index in [9.17, 15) is 13.2 Å². The molecule has 0 saturated carbocycles. The molecule has 1 amide bonds. The number of hydrogen-bond acceptors (Lipinski definition) is 3. The van der Waals surface area contributed by atoms with Gasteiger partial charge in [0.1, 0.15) is 0 Å². The molecular weight excluding hydrogens is 312 g/mol. The van der Waals surface area contributed by atoms with Crippen LogP contribution in [0.2, 0.25) is 5.02 Å². The van der Waals surface area contributed by atoms with Gasteiger partial charge in [0, 0.05) is 10.7 Å². The van der Waals surface area contributed by atoms with E-state index in [1.165, 1.54) is 18.2 Å². The second-order valence-electron chi connectivity index (χ2n) is 4.39. The molecule has 0 aliphatic heterocycles. The van der Waals surface area contributed by atoms with Gasteiger partial charge in [-0.3, -0.25) is 4.79 Å². The summed E-state index contributed by atoms with van der Waals surface area (Å²) in [6.45, 7) is 0. The topological polar surface area (TPSA) is 89.3 Å². The first-order chi connectivity index (χ1) is 9.86. The highest BCUT2D eigenvalue weighted by Gasteiger charge is 2.10. The van der Waals surface area contributed by atoms with Gasteiger partial charge in [0.05, 0.1) is 11.3 Å². The molecule has 0 spiro atoms. The van der Waals surface area contributed by atoms with Crippen molar-refractivity contribution in [1.82, 2.24) is 0 Å². The van der Waals surface area contributed by atoms with E-state index in [-0.39, 0.29) is 17.2 Å². The Hall–Kier alpha value is -1.89. The highest BCUT2D eigenvalue weighted by molar-refractivity contribution is 7.89. The fourth-order valence-corrected chi connectivity index (χ4v) is 2.53. The second-order valence-corrected chi connectivity index (χ2v) is 6.36. The predicted molar refractivity (Wildman–Crippen MR) is 81.6 cm³/mol. The van der Waals surface area contributed by atoms with Gasteiger partial charge in [-0.05, 0) is 29.8 Å². The molecule has 0 bridgehead atoms. The van der Waals surface area contributed by atoms with Crippen molar-refractivity contribution >= 4 is 33.2 Å². The number of nitrogens with one attached hydrogen (secondary N) is 1. The molecule has 2 rings (SSSR count). The molecule has 21 heavy (non-hydrogen) atoms. The Balaban J connectivity index is 2.12. The van der Waals surface area contributed by atoms with Gasteiger partial charge in [0.15, 0.2) is 0 Å². The lowest BCUT2D eigenvalue weighted by Gasteiger charge is -2.07. The minimum atomic E-state index is -3.80. The third-order valence-corrected chi connectivity index (χ3v) is 4.03. The lowest BCUT2D eigenvalue weighted by atomic mass is 10.1. The van der Waals surface area contributed by atoms with Crippen molar-refractivity contribution in [2.75, 3.05) is 5.32 Å². The molecule has 2 aromatic rings. The van der Waals surface area contributed by atoms with Crippen LogP contribution in [0, 0.1) is 0 Å². The van der Waals surface area contributed by atoms with Crippen LogP contribution < -0.4 is 10.5 Å². The van der Waals surface area contributed by atoms with E-state index in [0.717, 1.165) is 0 Å². The van der Waals surface area contributed by atoms with Gasteiger partial charge in [-0.1, -0.05) is 35.9 Å². The molecule has 5 nitrogen and oxygen atoms in total. The van der Waals surface area contributed by atoms with Crippen molar-refractivity contribution in [2.45, 2.75) is 11.3 Å². The van der Waals surface area contributed by atoms with Gasteiger partial charge in [0.2, 0.25) is 15.9 Å². The van der Waals surface area contributed by atoms with Gasteiger partial charge >= 0.3 is 0 Å². The Morgan fingerprint density at radius 2 is 1.86 bits per heavy atom. The number of nitrogens with two attached hydrogens (primary N) is 1. The molecule has 0 fully saturated rings. The summed E-state index contributed by atoms with van der Waals surface area (Å²) in [5.74, 6) is -0.297. The number of carbonyl (C=O) groups excluding carboxylic acids is 1. The number of carbonyl (C=O) groups is 1. The van der Waals surface area contributed by atoms with E-state index in [2.05, 4.69) is 5.32 Å². The van der Waals surface area contributed by atoms with E-state index in [1.54, 1.807) is 30.3 Å². The zero-order valence-corrected chi connectivity index (χ0v) is 12.5. The van der Waals surface area contributed by atoms with Crippen LogP contribution in [-0.2, 0) is 21.2 Å². The Kier molecular flexibility index (Phi) is 4.62. The SMILES string of the molecule is NS(=O)(=O)c1cccc(NC(=O)Cc2ccccc2Cl)c1. The molecule has 0 unspecified atom stereocenters. The number of benzene rings is 2. The minimum absolute atomic E-state index is 0.0574. The smallest absolute Gasteiger partial charge is 0.238 e. The van der Waals surface area contributed by atoms with E-state index in [1.807, 2.05) is 0 Å². The third kappa shape index (κ3) is 4.29. The predicted octanol–water partition coefficient (Wildman–Crippen LogP) is 2.17. The first-order valence-corrected chi connectivity index (χ1v) is 7.95. The van der Waals surface area contributed by atoms with Crippen LogP contribution in [0.5, 0.6) is 0 Å². The monoisotopic (exact) mass is 324 g/mol. The van der Waals surface area contributed by atoms with E-state index in [4.69, 9.17) is 16.7 Å². The van der Waals surface area contributed by atoms with Crippen LogP contribution in [0.4, 0.5) is 5.69 Å². The molecule has 0 aromatic heterocycles. The van der Waals surface area contributed by atoms with E-state index >= 15 is 0 Å². The first kappa shape index (κ1) is 15.5. The zero-order chi connectivity index (χ0) is 15.5. The van der Waals surface area contributed by atoms with Crippen molar-refractivity contribution in [3.8, 4) is 0 Å². The van der Waals surface area contributed by atoms with Gasteiger partial charge in [-0.25, -0.2) is 13.6 Å². The molecule has 7 heteroatoms. The van der Waals surface area contributed by atoms with Crippen LogP contribution in [-0.4, -0.2) is 14.3 Å². The van der Waals surface area contributed by atoms with Gasteiger partial charge in [-0.15, -0.1) is 0 Å². The van der Waals surface area contributed by atoms with E-state index in [0.29, 0.717) is 16.3 Å². The minimum Gasteiger partial charge on any atom is -0.326 e. The molecular formula is C14H13ClN2O3S. The fourth-order valence-electron chi connectivity index (χ4n) is 1.77. The quantitative estimate of drug-likeness (QED) is 0.903. The van der Waals surface area contributed by atoms with Crippen LogP contribution in [0.1, 0.15) is 5.56 Å². The number of primary sulfonamides is 1. The van der Waals surface area contributed by atoms with Crippen molar-refractivity contribution in [1.29, 1.82) is 0 Å². The number of amides is 1. The summed E-state index contributed by atoms with van der Waals surface area (Å²) in [4.78, 5) is 11.9. The summed E-state index contributed by atoms with van der Waals surface area (Å²) in [7, 11) is -3.80. The molecule has 0 saturated heterocycles. The van der Waals surface area contributed by atoms with Crippen LogP contribution in [0.15, 0.2) is 53.4 Å². The normalized spacial score (nSPS) is 11.1. The van der Waals surface area contributed by atoms with Crippen LogP contribution in [0.25, 0.3) is 0 Å². The molecule has 2 aromatic carbocycles. The molecule has 0 radical (unpaired) electrons. The zero-order valence-electron chi connectivity index (χ0n) is 10.9. The first-order valence-electron chi connectivity index (χ1n) is 6.02. The summed E-state index contributed by atoms with van der Waals surface area (Å²) < 4.78 is 22.5. The summed E-state index contributed by atoms with van der Waals surface area (Å²) in [5, 5.41) is 8.16. The maximum Gasteiger partial charge on any atom is 0.238 e. The Labute approximate surface area is 127 Å². The Bertz CT molecular complexity index is 775. The van der Waals surface area contributed by atoms with Crippen molar-refractivity contribution < 1.29 is 13.2 Å². The third-order valence-electron chi connectivity index (χ3n) is 2.76. The average Bonchev–Trinajstić information content (AvgIpc) is 2.41. The van der Waals surface area contributed by atoms with Gasteiger partial charge in [-0.2, -0.15) is 0 Å². The Morgan fingerprint density at radius 1 is 1.14 bits per heavy atom. The maximum absolute atomic E-state index is 11.9. The summed E-state index contributed by atoms with van der Waals surface area (Å²) in [6, 6.07) is 12.8. The molecule has 3 N–H and O–H groups in total. The second kappa shape index (κ2) is 6.26. The van der Waals surface area contributed by atoms with Crippen molar-refractivity contribution in [3.05, 3.63) is 59.1 Å². The molecule has 0 aliphatic rings. The standard InChI is InChI=1S/C14H13ClN2O3S/c15-13-7-2-1-4-10(13)8-14(18)17-11-5-3-6-12(9-11)21(16,19)20/h1-7,9H,8H2,(H,17,18)(H2,16,19,20). The summed E-state index contributed by atoms with van der Waals surface area (Å²) in [6.07, 6.45) is 0.0965. The maximum atomic E-state index is 11.9. The molecule has 0 atom stereocenters. The van der Waals surface area contributed by atoms with E-state index < -0.39 is 10.0 Å². The van der Waals surface area contributed by atoms with Gasteiger partial charge < -0.3 is 5.32 Å².